The van der Waals surface area contributed by atoms with Crippen LogP contribution in [-0.4, -0.2) is 16.5 Å². The van der Waals surface area contributed by atoms with Gasteiger partial charge in [-0.05, 0) is 44.4 Å². The lowest BCUT2D eigenvalue weighted by Gasteiger charge is -2.16. The molecular weight excluding hydrogens is 260 g/mol. The smallest absolute Gasteiger partial charge is 0.139 e. The van der Waals surface area contributed by atoms with E-state index < -0.39 is 0 Å². The lowest BCUT2D eigenvalue weighted by molar-refractivity contribution is 0.902. The molecule has 0 aliphatic carbocycles. The van der Waals surface area contributed by atoms with Gasteiger partial charge in [0.1, 0.15) is 18.0 Å². The summed E-state index contributed by atoms with van der Waals surface area (Å²) in [5.41, 5.74) is 4.79. The van der Waals surface area contributed by atoms with Crippen LogP contribution >= 0.6 is 0 Å². The number of aromatic nitrogens is 2. The van der Waals surface area contributed by atoms with E-state index in [1.54, 1.807) is 6.33 Å². The lowest BCUT2D eigenvalue weighted by Crippen LogP contribution is -2.08. The summed E-state index contributed by atoms with van der Waals surface area (Å²) >= 11 is 0. The summed E-state index contributed by atoms with van der Waals surface area (Å²) in [5, 5.41) is 6.80. The van der Waals surface area contributed by atoms with Crippen molar-refractivity contribution < 1.29 is 0 Å². The molecule has 2 N–H and O–H groups in total. The first-order chi connectivity index (χ1) is 10.2. The number of aryl methyl sites for hydroxylation is 1. The highest BCUT2D eigenvalue weighted by Crippen LogP contribution is 2.27. The Labute approximate surface area is 127 Å². The Morgan fingerprint density at radius 1 is 1.05 bits per heavy atom. The zero-order valence-electron chi connectivity index (χ0n) is 13.3. The zero-order chi connectivity index (χ0) is 15.2. The highest BCUT2D eigenvalue weighted by Gasteiger charge is 2.11. The maximum absolute atomic E-state index is 4.44. The average Bonchev–Trinajstić information content (AvgIpc) is 2.47. The molecule has 0 saturated heterocycles. The Hall–Kier alpha value is -2.10. The largest absolute Gasteiger partial charge is 0.370 e. The molecule has 0 spiro atoms. The summed E-state index contributed by atoms with van der Waals surface area (Å²) in [6.07, 6.45) is 3.63. The van der Waals surface area contributed by atoms with Crippen molar-refractivity contribution in [1.29, 1.82) is 0 Å². The molecule has 4 heteroatoms. The minimum Gasteiger partial charge on any atom is -0.370 e. The number of nitrogens with one attached hydrogen (secondary N) is 2. The molecule has 1 aromatic carbocycles. The average molecular weight is 284 g/mol. The van der Waals surface area contributed by atoms with Crippen LogP contribution in [0.5, 0.6) is 0 Å². The van der Waals surface area contributed by atoms with Gasteiger partial charge in [-0.1, -0.05) is 25.5 Å². The molecule has 21 heavy (non-hydrogen) atoms. The van der Waals surface area contributed by atoms with Crippen LogP contribution in [0.4, 0.5) is 17.3 Å². The van der Waals surface area contributed by atoms with Gasteiger partial charge in [-0.15, -0.1) is 0 Å². The molecule has 0 aliphatic heterocycles. The van der Waals surface area contributed by atoms with Crippen LogP contribution in [0.15, 0.2) is 24.5 Å². The van der Waals surface area contributed by atoms with Gasteiger partial charge in [0.15, 0.2) is 0 Å². The van der Waals surface area contributed by atoms with Crippen LogP contribution in [0, 0.1) is 13.8 Å². The molecule has 0 fully saturated rings. The third-order valence-electron chi connectivity index (χ3n) is 3.65. The monoisotopic (exact) mass is 284 g/mol. The van der Waals surface area contributed by atoms with Gasteiger partial charge in [0, 0.05) is 17.8 Å². The van der Waals surface area contributed by atoms with Crippen molar-refractivity contribution in [3.63, 3.8) is 0 Å². The molecule has 1 aromatic heterocycles. The summed E-state index contributed by atoms with van der Waals surface area (Å²) in [6, 6.07) is 6.28. The molecule has 0 saturated carbocycles. The molecule has 112 valence electrons. The predicted molar refractivity (Wildman–Crippen MR) is 89.4 cm³/mol. The normalized spacial score (nSPS) is 10.5. The van der Waals surface area contributed by atoms with Crippen LogP contribution in [0.25, 0.3) is 0 Å². The first-order valence-electron chi connectivity index (χ1n) is 7.58. The first-order valence-corrected chi connectivity index (χ1v) is 7.58. The fourth-order valence-corrected chi connectivity index (χ4v) is 2.34. The summed E-state index contributed by atoms with van der Waals surface area (Å²) in [6.45, 7) is 9.36. The number of nitrogens with zero attached hydrogens (tertiary/aromatic N) is 2. The van der Waals surface area contributed by atoms with Crippen molar-refractivity contribution in [3.05, 3.63) is 41.2 Å². The van der Waals surface area contributed by atoms with E-state index >= 15 is 0 Å². The van der Waals surface area contributed by atoms with Crippen molar-refractivity contribution >= 4 is 17.3 Å². The molecule has 0 aliphatic rings. The molecule has 0 radical (unpaired) electrons. The van der Waals surface area contributed by atoms with Crippen LogP contribution in [-0.2, 0) is 6.42 Å². The SMILES string of the molecule is CCCc1c(NCC)ncnc1Nc1cccc(C)c1C. The second-order valence-electron chi connectivity index (χ2n) is 5.20. The van der Waals surface area contributed by atoms with Crippen LogP contribution < -0.4 is 10.6 Å². The van der Waals surface area contributed by atoms with E-state index in [-0.39, 0.29) is 0 Å². The lowest BCUT2D eigenvalue weighted by atomic mass is 10.1. The van der Waals surface area contributed by atoms with Crippen molar-refractivity contribution in [2.45, 2.75) is 40.5 Å². The summed E-state index contributed by atoms with van der Waals surface area (Å²) < 4.78 is 0. The van der Waals surface area contributed by atoms with E-state index in [4.69, 9.17) is 0 Å². The number of hydrogen-bond acceptors (Lipinski definition) is 4. The maximum atomic E-state index is 4.44. The van der Waals surface area contributed by atoms with Gasteiger partial charge < -0.3 is 10.6 Å². The quantitative estimate of drug-likeness (QED) is 0.833. The van der Waals surface area contributed by atoms with Crippen molar-refractivity contribution in [2.24, 2.45) is 0 Å². The number of benzene rings is 1. The Morgan fingerprint density at radius 2 is 1.81 bits per heavy atom. The Balaban J connectivity index is 2.38. The third kappa shape index (κ3) is 3.51. The second-order valence-corrected chi connectivity index (χ2v) is 5.20. The number of anilines is 3. The van der Waals surface area contributed by atoms with E-state index in [1.165, 1.54) is 11.1 Å². The van der Waals surface area contributed by atoms with Crippen LogP contribution in [0.1, 0.15) is 37.0 Å². The van der Waals surface area contributed by atoms with Gasteiger partial charge in [-0.25, -0.2) is 9.97 Å². The Morgan fingerprint density at radius 3 is 2.52 bits per heavy atom. The van der Waals surface area contributed by atoms with Crippen LogP contribution in [0.2, 0.25) is 0 Å². The van der Waals surface area contributed by atoms with Gasteiger partial charge in [-0.3, -0.25) is 0 Å². The number of hydrogen-bond donors (Lipinski definition) is 2. The van der Waals surface area contributed by atoms with Crippen molar-refractivity contribution in [1.82, 2.24) is 9.97 Å². The zero-order valence-corrected chi connectivity index (χ0v) is 13.3. The highest BCUT2D eigenvalue weighted by molar-refractivity contribution is 5.67. The third-order valence-corrected chi connectivity index (χ3v) is 3.65. The standard InChI is InChI=1S/C17H24N4/c1-5-8-14-16(18-6-2)19-11-20-17(14)21-15-10-7-9-12(3)13(15)4/h7,9-11H,5-6,8H2,1-4H3,(H2,18,19,20,21). The first kappa shape index (κ1) is 15.3. The molecule has 1 heterocycles. The summed E-state index contributed by atoms with van der Waals surface area (Å²) in [7, 11) is 0. The minimum atomic E-state index is 0.858. The second kappa shape index (κ2) is 7.07. The van der Waals surface area contributed by atoms with E-state index in [0.717, 1.165) is 42.3 Å². The fourth-order valence-electron chi connectivity index (χ4n) is 2.34. The van der Waals surface area contributed by atoms with E-state index in [1.807, 2.05) is 0 Å². The van der Waals surface area contributed by atoms with E-state index in [0.29, 0.717) is 0 Å². The predicted octanol–water partition coefficient (Wildman–Crippen LogP) is 4.22. The Kier molecular flexibility index (Phi) is 5.14. The molecule has 0 bridgehead atoms. The molecule has 4 nitrogen and oxygen atoms in total. The van der Waals surface area contributed by atoms with Crippen molar-refractivity contribution in [2.75, 3.05) is 17.2 Å². The fraction of sp³-hybridized carbons (Fsp3) is 0.412. The van der Waals surface area contributed by atoms with Crippen LogP contribution in [0.3, 0.4) is 0 Å². The van der Waals surface area contributed by atoms with Gasteiger partial charge in [-0.2, -0.15) is 0 Å². The van der Waals surface area contributed by atoms with E-state index in [9.17, 15) is 0 Å². The van der Waals surface area contributed by atoms with Gasteiger partial charge in [0.25, 0.3) is 0 Å². The summed E-state index contributed by atoms with van der Waals surface area (Å²) in [4.78, 5) is 8.81. The van der Waals surface area contributed by atoms with Crippen molar-refractivity contribution in [3.8, 4) is 0 Å². The molecule has 0 amide bonds. The van der Waals surface area contributed by atoms with Gasteiger partial charge in [0.2, 0.25) is 0 Å². The molecule has 0 atom stereocenters. The number of rotatable bonds is 6. The van der Waals surface area contributed by atoms with E-state index in [2.05, 4.69) is 66.5 Å². The molecular formula is C17H24N4. The summed E-state index contributed by atoms with van der Waals surface area (Å²) in [5.74, 6) is 1.83. The van der Waals surface area contributed by atoms with Gasteiger partial charge in [0.05, 0.1) is 0 Å². The highest BCUT2D eigenvalue weighted by atomic mass is 15.1. The Bertz CT molecular complexity index is 608. The minimum absolute atomic E-state index is 0.858. The topological polar surface area (TPSA) is 49.8 Å². The molecule has 2 rings (SSSR count). The van der Waals surface area contributed by atoms with Gasteiger partial charge >= 0.3 is 0 Å². The molecule has 2 aromatic rings. The maximum Gasteiger partial charge on any atom is 0.139 e. The molecule has 0 unspecified atom stereocenters.